The summed E-state index contributed by atoms with van der Waals surface area (Å²) in [5.41, 5.74) is 3.81. The van der Waals surface area contributed by atoms with Crippen LogP contribution >= 0.6 is 11.6 Å². The van der Waals surface area contributed by atoms with E-state index in [9.17, 15) is 0 Å². The summed E-state index contributed by atoms with van der Waals surface area (Å²) in [6.07, 6.45) is 10.4. The Hall–Kier alpha value is -1.73. The van der Waals surface area contributed by atoms with Gasteiger partial charge in [-0.2, -0.15) is 0 Å². The van der Waals surface area contributed by atoms with Crippen LogP contribution in [0.25, 0.3) is 6.08 Å². The van der Waals surface area contributed by atoms with Gasteiger partial charge in [0.25, 0.3) is 0 Å². The van der Waals surface area contributed by atoms with Crippen molar-refractivity contribution in [3.05, 3.63) is 70.8 Å². The average molecular weight is 356 g/mol. The van der Waals surface area contributed by atoms with Gasteiger partial charge in [0.2, 0.25) is 0 Å². The van der Waals surface area contributed by atoms with Crippen LogP contribution in [-0.4, -0.2) is 7.05 Å². The first-order valence-corrected chi connectivity index (χ1v) is 9.66. The summed E-state index contributed by atoms with van der Waals surface area (Å²) < 4.78 is 0. The molecule has 0 bridgehead atoms. The fourth-order valence-electron chi connectivity index (χ4n) is 3.36. The van der Waals surface area contributed by atoms with Gasteiger partial charge in [-0.3, -0.25) is 0 Å². The molecule has 0 aliphatic rings. The quantitative estimate of drug-likeness (QED) is 0.464. The zero-order valence-corrected chi connectivity index (χ0v) is 16.4. The van der Waals surface area contributed by atoms with Crippen LogP contribution < -0.4 is 5.32 Å². The van der Waals surface area contributed by atoms with Gasteiger partial charge in [-0.1, -0.05) is 87.2 Å². The molecule has 0 saturated heterocycles. The molecule has 0 spiro atoms. The van der Waals surface area contributed by atoms with Crippen molar-refractivity contribution in [1.82, 2.24) is 0 Å². The van der Waals surface area contributed by atoms with Gasteiger partial charge < -0.3 is 5.32 Å². The summed E-state index contributed by atoms with van der Waals surface area (Å²) in [6, 6.07) is 16.7. The van der Waals surface area contributed by atoms with Gasteiger partial charge in [0.15, 0.2) is 0 Å². The third-order valence-corrected chi connectivity index (χ3v) is 5.15. The number of unbranched alkanes of at least 4 members (excludes halogenated alkanes) is 2. The zero-order chi connectivity index (χ0) is 18.1. The monoisotopic (exact) mass is 355 g/mol. The Labute approximate surface area is 158 Å². The Balaban J connectivity index is 2.27. The van der Waals surface area contributed by atoms with E-state index in [1.165, 1.54) is 36.1 Å². The zero-order valence-electron chi connectivity index (χ0n) is 15.7. The minimum atomic E-state index is 0.0731. The predicted molar refractivity (Wildman–Crippen MR) is 113 cm³/mol. The first kappa shape index (κ1) is 19.6. The molecule has 0 aromatic heterocycles. The van der Waals surface area contributed by atoms with E-state index in [1.807, 2.05) is 13.1 Å². The average Bonchev–Trinajstić information content (AvgIpc) is 2.63. The van der Waals surface area contributed by atoms with E-state index in [0.29, 0.717) is 0 Å². The smallest absolute Gasteiger partial charge is 0.0410 e. The number of nitrogens with one attached hydrogen (secondary N) is 1. The molecule has 0 saturated carbocycles. The Kier molecular flexibility index (Phi) is 7.58. The van der Waals surface area contributed by atoms with Crippen molar-refractivity contribution in [2.45, 2.75) is 51.4 Å². The lowest BCUT2D eigenvalue weighted by Crippen LogP contribution is -2.23. The Morgan fingerprint density at radius 3 is 2.52 bits per heavy atom. The number of halogens is 1. The second kappa shape index (κ2) is 9.68. The first-order chi connectivity index (χ1) is 12.1. The van der Waals surface area contributed by atoms with E-state index in [2.05, 4.69) is 73.8 Å². The molecule has 134 valence electrons. The molecular weight excluding hydrogens is 326 g/mol. The third-order valence-electron chi connectivity index (χ3n) is 4.91. The largest absolute Gasteiger partial charge is 0.388 e. The summed E-state index contributed by atoms with van der Waals surface area (Å²) in [5.74, 6) is 0. The normalized spacial score (nSPS) is 13.8. The molecule has 0 radical (unpaired) electrons. The summed E-state index contributed by atoms with van der Waals surface area (Å²) in [5, 5.41) is 4.15. The minimum Gasteiger partial charge on any atom is -0.388 e. The number of allylic oxidation sites excluding steroid dienone is 1. The van der Waals surface area contributed by atoms with Crippen molar-refractivity contribution in [2.24, 2.45) is 0 Å². The van der Waals surface area contributed by atoms with Crippen LogP contribution in [0.3, 0.4) is 0 Å². The predicted octanol–water partition coefficient (Wildman–Crippen LogP) is 7.32. The van der Waals surface area contributed by atoms with E-state index in [4.69, 9.17) is 11.6 Å². The van der Waals surface area contributed by atoms with E-state index < -0.39 is 0 Å². The first-order valence-electron chi connectivity index (χ1n) is 9.28. The standard InChI is InChI=1S/C23H30ClN/c1-4-5-9-16-23(2,17-10-13-19-11-7-6-8-12-19)21-18-20(24)14-15-22(21)25-3/h6-8,10-15,18,25H,4-5,9,16-17H2,1-3H3/b13-10+. The highest BCUT2D eigenvalue weighted by atomic mass is 35.5. The Morgan fingerprint density at radius 1 is 1.08 bits per heavy atom. The molecule has 0 heterocycles. The maximum absolute atomic E-state index is 6.33. The van der Waals surface area contributed by atoms with E-state index in [0.717, 1.165) is 17.9 Å². The summed E-state index contributed by atoms with van der Waals surface area (Å²) in [7, 11) is 1.99. The summed E-state index contributed by atoms with van der Waals surface area (Å²) >= 11 is 6.33. The van der Waals surface area contributed by atoms with Gasteiger partial charge in [-0.05, 0) is 47.6 Å². The number of hydrogen-bond donors (Lipinski definition) is 1. The lowest BCUT2D eigenvalue weighted by molar-refractivity contribution is 0.417. The highest BCUT2D eigenvalue weighted by Gasteiger charge is 2.27. The fourth-order valence-corrected chi connectivity index (χ4v) is 3.54. The molecule has 2 rings (SSSR count). The minimum absolute atomic E-state index is 0.0731. The van der Waals surface area contributed by atoms with E-state index >= 15 is 0 Å². The SMILES string of the molecule is CCCCCC(C)(C/C=C/c1ccccc1)c1cc(Cl)ccc1NC. The highest BCUT2D eigenvalue weighted by Crippen LogP contribution is 2.39. The molecule has 1 nitrogen and oxygen atoms in total. The maximum Gasteiger partial charge on any atom is 0.0410 e. The molecule has 0 aliphatic heterocycles. The van der Waals surface area contributed by atoms with Crippen molar-refractivity contribution < 1.29 is 0 Å². The topological polar surface area (TPSA) is 12.0 Å². The van der Waals surface area contributed by atoms with Gasteiger partial charge in [0, 0.05) is 17.8 Å². The molecular formula is C23H30ClN. The molecule has 1 N–H and O–H groups in total. The molecule has 0 aliphatic carbocycles. The molecule has 2 heteroatoms. The van der Waals surface area contributed by atoms with Crippen molar-refractivity contribution in [3.63, 3.8) is 0 Å². The van der Waals surface area contributed by atoms with Crippen LogP contribution in [-0.2, 0) is 5.41 Å². The number of anilines is 1. The Morgan fingerprint density at radius 2 is 1.84 bits per heavy atom. The molecule has 0 fully saturated rings. The van der Waals surface area contributed by atoms with Crippen LogP contribution in [0.4, 0.5) is 5.69 Å². The van der Waals surface area contributed by atoms with Gasteiger partial charge >= 0.3 is 0 Å². The van der Waals surface area contributed by atoms with Crippen LogP contribution in [0, 0.1) is 0 Å². The number of rotatable bonds is 9. The molecule has 1 atom stereocenters. The maximum atomic E-state index is 6.33. The molecule has 2 aromatic carbocycles. The van der Waals surface area contributed by atoms with Gasteiger partial charge in [-0.25, -0.2) is 0 Å². The van der Waals surface area contributed by atoms with Crippen molar-refractivity contribution in [2.75, 3.05) is 12.4 Å². The van der Waals surface area contributed by atoms with Crippen LogP contribution in [0.1, 0.15) is 57.1 Å². The van der Waals surface area contributed by atoms with E-state index in [-0.39, 0.29) is 5.41 Å². The molecule has 0 amide bonds. The van der Waals surface area contributed by atoms with Crippen LogP contribution in [0.15, 0.2) is 54.6 Å². The summed E-state index contributed by atoms with van der Waals surface area (Å²) in [6.45, 7) is 4.62. The number of hydrogen-bond acceptors (Lipinski definition) is 1. The lowest BCUT2D eigenvalue weighted by Gasteiger charge is -2.31. The van der Waals surface area contributed by atoms with Crippen molar-refractivity contribution in [3.8, 4) is 0 Å². The number of benzene rings is 2. The molecule has 1 unspecified atom stereocenters. The molecule has 2 aromatic rings. The lowest BCUT2D eigenvalue weighted by atomic mass is 9.74. The third kappa shape index (κ3) is 5.64. The summed E-state index contributed by atoms with van der Waals surface area (Å²) in [4.78, 5) is 0. The van der Waals surface area contributed by atoms with Gasteiger partial charge in [-0.15, -0.1) is 0 Å². The van der Waals surface area contributed by atoms with E-state index in [1.54, 1.807) is 0 Å². The Bertz CT molecular complexity index is 678. The second-order valence-corrected chi connectivity index (χ2v) is 7.41. The van der Waals surface area contributed by atoms with Crippen LogP contribution in [0.2, 0.25) is 5.02 Å². The van der Waals surface area contributed by atoms with Gasteiger partial charge in [0.05, 0.1) is 0 Å². The van der Waals surface area contributed by atoms with Gasteiger partial charge in [0.1, 0.15) is 0 Å². The van der Waals surface area contributed by atoms with Crippen molar-refractivity contribution >= 4 is 23.4 Å². The van der Waals surface area contributed by atoms with Crippen LogP contribution in [0.5, 0.6) is 0 Å². The second-order valence-electron chi connectivity index (χ2n) is 6.97. The molecule has 25 heavy (non-hydrogen) atoms. The highest BCUT2D eigenvalue weighted by molar-refractivity contribution is 6.30. The van der Waals surface area contributed by atoms with Crippen molar-refractivity contribution in [1.29, 1.82) is 0 Å². The fraction of sp³-hybridized carbons (Fsp3) is 0.391.